The highest BCUT2D eigenvalue weighted by atomic mass is 16.5. The van der Waals surface area contributed by atoms with Gasteiger partial charge in [0.15, 0.2) is 5.76 Å². The lowest BCUT2D eigenvalue weighted by molar-refractivity contribution is 0.208. The summed E-state index contributed by atoms with van der Waals surface area (Å²) in [5, 5.41) is 8.51. The average molecular weight is 343 g/mol. The predicted molar refractivity (Wildman–Crippen MR) is 88.9 cm³/mol. The van der Waals surface area contributed by atoms with Gasteiger partial charge in [0.1, 0.15) is 0 Å². The molecule has 0 amide bonds. The zero-order valence-electron chi connectivity index (χ0n) is 14.6. The number of nitrogens with zero attached hydrogens (tertiary/aromatic N) is 5. The van der Waals surface area contributed by atoms with E-state index >= 15 is 0 Å². The van der Waals surface area contributed by atoms with Crippen LogP contribution in [0, 0.1) is 6.92 Å². The number of ether oxygens (including phenoxy) is 1. The molecule has 4 heterocycles. The largest absolute Gasteiger partial charge is 0.481 e. The van der Waals surface area contributed by atoms with Gasteiger partial charge in [-0.2, -0.15) is 10.1 Å². The first-order valence-corrected chi connectivity index (χ1v) is 8.35. The number of likely N-dealkylation sites (tertiary alicyclic amines) is 1. The first kappa shape index (κ1) is 15.9. The number of aromatic nitrogens is 4. The molecule has 0 radical (unpaired) electrons. The van der Waals surface area contributed by atoms with Gasteiger partial charge in [0.25, 0.3) is 0 Å². The molecule has 25 heavy (non-hydrogen) atoms. The molecule has 3 aromatic rings. The van der Waals surface area contributed by atoms with Gasteiger partial charge in [0, 0.05) is 13.1 Å². The van der Waals surface area contributed by atoms with E-state index in [1.165, 1.54) is 0 Å². The van der Waals surface area contributed by atoms with Crippen molar-refractivity contribution < 1.29 is 13.7 Å². The van der Waals surface area contributed by atoms with Crippen molar-refractivity contribution in [3.63, 3.8) is 0 Å². The Morgan fingerprint density at radius 3 is 3.04 bits per heavy atom. The molecule has 4 rings (SSSR count). The van der Waals surface area contributed by atoms with Gasteiger partial charge in [-0.3, -0.25) is 4.90 Å². The second kappa shape index (κ2) is 6.36. The Hall–Kier alpha value is -2.61. The van der Waals surface area contributed by atoms with Crippen LogP contribution in [0.25, 0.3) is 11.6 Å². The molecule has 1 saturated heterocycles. The number of rotatable bonds is 5. The fraction of sp³-hybridized carbons (Fsp3) is 0.471. The Labute approximate surface area is 145 Å². The maximum Gasteiger partial charge on any atom is 0.241 e. The van der Waals surface area contributed by atoms with Gasteiger partial charge in [-0.25, -0.2) is 4.68 Å². The minimum atomic E-state index is 0.239. The topological polar surface area (TPSA) is 82.3 Å². The highest BCUT2D eigenvalue weighted by Crippen LogP contribution is 2.39. The van der Waals surface area contributed by atoms with E-state index in [0.29, 0.717) is 24.0 Å². The van der Waals surface area contributed by atoms with Gasteiger partial charge in [-0.1, -0.05) is 5.16 Å². The van der Waals surface area contributed by atoms with Crippen molar-refractivity contribution in [1.82, 2.24) is 24.8 Å². The quantitative estimate of drug-likeness (QED) is 0.704. The summed E-state index contributed by atoms with van der Waals surface area (Å²) >= 11 is 0. The third-order valence-electron chi connectivity index (χ3n) is 4.65. The number of hydrogen-bond acceptors (Lipinski definition) is 7. The summed E-state index contributed by atoms with van der Waals surface area (Å²) in [7, 11) is 3.59. The molecule has 0 unspecified atom stereocenters. The minimum absolute atomic E-state index is 0.239. The van der Waals surface area contributed by atoms with Crippen molar-refractivity contribution in [2.24, 2.45) is 7.05 Å². The van der Waals surface area contributed by atoms with Crippen molar-refractivity contribution in [2.75, 3.05) is 13.7 Å². The summed E-state index contributed by atoms with van der Waals surface area (Å²) in [5.74, 6) is 2.48. The molecule has 0 spiro atoms. The highest BCUT2D eigenvalue weighted by molar-refractivity contribution is 5.44. The number of aryl methyl sites for hydroxylation is 2. The molecule has 0 saturated carbocycles. The van der Waals surface area contributed by atoms with Crippen LogP contribution >= 0.6 is 0 Å². The van der Waals surface area contributed by atoms with Crippen molar-refractivity contribution in [1.29, 1.82) is 0 Å². The second-order valence-electron chi connectivity index (χ2n) is 6.25. The maximum absolute atomic E-state index is 5.57. The van der Waals surface area contributed by atoms with E-state index in [1.807, 2.05) is 20.0 Å². The Bertz CT molecular complexity index is 852. The van der Waals surface area contributed by atoms with E-state index in [9.17, 15) is 0 Å². The van der Waals surface area contributed by atoms with Crippen LogP contribution in [0.2, 0.25) is 0 Å². The fourth-order valence-electron chi connectivity index (χ4n) is 3.62. The molecule has 3 aromatic heterocycles. The Morgan fingerprint density at radius 2 is 2.28 bits per heavy atom. The lowest BCUT2D eigenvalue weighted by Gasteiger charge is -2.23. The number of methoxy groups -OCH3 is 1. The van der Waals surface area contributed by atoms with Crippen LogP contribution in [0.4, 0.5) is 0 Å². The van der Waals surface area contributed by atoms with E-state index in [0.717, 1.165) is 36.5 Å². The predicted octanol–water partition coefficient (Wildman–Crippen LogP) is 2.72. The van der Waals surface area contributed by atoms with Crippen molar-refractivity contribution in [2.45, 2.75) is 32.4 Å². The zero-order valence-corrected chi connectivity index (χ0v) is 14.6. The molecule has 1 aliphatic rings. The normalized spacial score (nSPS) is 18.1. The zero-order chi connectivity index (χ0) is 17.4. The number of hydrogen-bond donors (Lipinski definition) is 0. The van der Waals surface area contributed by atoms with Crippen LogP contribution in [0.1, 0.15) is 36.0 Å². The Morgan fingerprint density at radius 1 is 1.40 bits per heavy atom. The van der Waals surface area contributed by atoms with E-state index in [1.54, 1.807) is 24.1 Å². The SMILES string of the molecule is COc1c([C@H]2CCCN2Cc2nc(-c3ccco3)no2)c(C)nn1C. The van der Waals surface area contributed by atoms with Gasteiger partial charge < -0.3 is 13.7 Å². The third-order valence-corrected chi connectivity index (χ3v) is 4.65. The maximum atomic E-state index is 5.57. The summed E-state index contributed by atoms with van der Waals surface area (Å²) in [4.78, 5) is 6.79. The molecule has 132 valence electrons. The molecule has 0 aliphatic carbocycles. The van der Waals surface area contributed by atoms with E-state index in [2.05, 4.69) is 20.1 Å². The van der Waals surface area contributed by atoms with Crippen molar-refractivity contribution in [3.05, 3.63) is 35.5 Å². The monoisotopic (exact) mass is 343 g/mol. The van der Waals surface area contributed by atoms with Gasteiger partial charge in [-0.05, 0) is 38.4 Å². The summed E-state index contributed by atoms with van der Waals surface area (Å²) in [6.07, 6.45) is 3.77. The van der Waals surface area contributed by atoms with Crippen LogP contribution < -0.4 is 4.74 Å². The standard InChI is InChI=1S/C17H21N5O3/c1-11-15(17(23-3)21(2)19-11)12-6-4-8-22(12)10-14-18-16(20-25-14)13-7-5-9-24-13/h5,7,9,12H,4,6,8,10H2,1-3H3/t12-/m1/s1. The van der Waals surface area contributed by atoms with Gasteiger partial charge in [-0.15, -0.1) is 0 Å². The van der Waals surface area contributed by atoms with Crippen LogP contribution in [0.5, 0.6) is 5.88 Å². The molecular weight excluding hydrogens is 322 g/mol. The Balaban J connectivity index is 1.57. The van der Waals surface area contributed by atoms with Gasteiger partial charge >= 0.3 is 0 Å². The second-order valence-corrected chi connectivity index (χ2v) is 6.25. The van der Waals surface area contributed by atoms with Gasteiger partial charge in [0.05, 0.1) is 31.2 Å². The van der Waals surface area contributed by atoms with E-state index in [4.69, 9.17) is 13.7 Å². The molecule has 0 bridgehead atoms. The van der Waals surface area contributed by atoms with E-state index < -0.39 is 0 Å². The van der Waals surface area contributed by atoms with Gasteiger partial charge in [0.2, 0.25) is 17.6 Å². The molecular formula is C17H21N5O3. The fourth-order valence-corrected chi connectivity index (χ4v) is 3.62. The summed E-state index contributed by atoms with van der Waals surface area (Å²) in [6, 6.07) is 3.86. The third kappa shape index (κ3) is 2.82. The van der Waals surface area contributed by atoms with Crippen LogP contribution in [0.15, 0.2) is 27.3 Å². The first-order chi connectivity index (χ1) is 12.2. The summed E-state index contributed by atoms with van der Waals surface area (Å²) in [6.45, 7) is 3.59. The van der Waals surface area contributed by atoms with Crippen LogP contribution in [-0.2, 0) is 13.6 Å². The lowest BCUT2D eigenvalue weighted by atomic mass is 10.1. The lowest BCUT2D eigenvalue weighted by Crippen LogP contribution is -2.23. The summed E-state index contributed by atoms with van der Waals surface area (Å²) < 4.78 is 18.1. The molecule has 0 aromatic carbocycles. The molecule has 8 heteroatoms. The van der Waals surface area contributed by atoms with Crippen molar-refractivity contribution in [3.8, 4) is 17.5 Å². The smallest absolute Gasteiger partial charge is 0.241 e. The molecule has 1 atom stereocenters. The first-order valence-electron chi connectivity index (χ1n) is 8.35. The van der Waals surface area contributed by atoms with Crippen LogP contribution in [0.3, 0.4) is 0 Å². The Kier molecular flexibility index (Phi) is 4.04. The van der Waals surface area contributed by atoms with Crippen LogP contribution in [-0.4, -0.2) is 38.5 Å². The highest BCUT2D eigenvalue weighted by Gasteiger charge is 2.33. The molecule has 8 nitrogen and oxygen atoms in total. The molecule has 1 aliphatic heterocycles. The van der Waals surface area contributed by atoms with Crippen molar-refractivity contribution >= 4 is 0 Å². The minimum Gasteiger partial charge on any atom is -0.481 e. The summed E-state index contributed by atoms with van der Waals surface area (Å²) in [5.41, 5.74) is 2.14. The average Bonchev–Trinajstić information content (AvgIpc) is 3.35. The molecule has 0 N–H and O–H groups in total. The molecule has 1 fully saturated rings. The van der Waals surface area contributed by atoms with E-state index in [-0.39, 0.29) is 6.04 Å². The number of furan rings is 1.